The largest absolute Gasteiger partial charge is 0.374 e. The van der Waals surface area contributed by atoms with Crippen LogP contribution in [0.25, 0.3) is 0 Å². The van der Waals surface area contributed by atoms with Crippen molar-refractivity contribution in [3.8, 4) is 0 Å². The topological polar surface area (TPSA) is 46.2 Å². The van der Waals surface area contributed by atoms with Crippen molar-refractivity contribution in [1.29, 1.82) is 0 Å². The van der Waals surface area contributed by atoms with Crippen LogP contribution in [0.2, 0.25) is 0 Å². The molecule has 35 heavy (non-hydrogen) atoms. The molecule has 0 aromatic heterocycles. The van der Waals surface area contributed by atoms with Gasteiger partial charge in [0.2, 0.25) is 0 Å². The molecule has 0 bridgehead atoms. The van der Waals surface area contributed by atoms with Crippen molar-refractivity contribution < 1.29 is 23.7 Å². The molecule has 0 radical (unpaired) electrons. The van der Waals surface area contributed by atoms with E-state index in [9.17, 15) is 0 Å². The molecule has 0 unspecified atom stereocenters. The average Bonchev–Trinajstić information content (AvgIpc) is 3.28. The second-order valence-electron chi connectivity index (χ2n) is 8.99. The molecule has 3 aromatic rings. The van der Waals surface area contributed by atoms with Gasteiger partial charge in [0.25, 0.3) is 0 Å². The molecule has 2 saturated heterocycles. The lowest BCUT2D eigenvalue weighted by Crippen LogP contribution is -2.58. The Labute approximate surface area is 220 Å². The van der Waals surface area contributed by atoms with Crippen molar-refractivity contribution in [2.75, 3.05) is 13.2 Å². The first-order valence-corrected chi connectivity index (χ1v) is 13.4. The standard InChI is InChI=1S/C29H31IO5/c30-24-19-34-29-26(24)28(33-18-23-14-8-3-9-15-23)27(32-17-22-12-6-2-7-13-22)25(35-29)20-31-16-21-10-4-1-5-11-21/h1-15,24-29H,16-20H2/t24-,25-,26-,27+,28-,29+/m1/s1. The van der Waals surface area contributed by atoms with E-state index < -0.39 is 0 Å². The number of hydrogen-bond acceptors (Lipinski definition) is 5. The molecule has 2 aliphatic rings. The summed E-state index contributed by atoms with van der Waals surface area (Å²) in [7, 11) is 0. The van der Waals surface area contributed by atoms with Gasteiger partial charge in [0, 0.05) is 3.92 Å². The van der Waals surface area contributed by atoms with Crippen LogP contribution in [0.3, 0.4) is 0 Å². The molecular weight excluding hydrogens is 555 g/mol. The van der Waals surface area contributed by atoms with E-state index in [1.165, 1.54) is 0 Å². The molecule has 0 N–H and O–H groups in total. The first kappa shape index (κ1) is 24.9. The van der Waals surface area contributed by atoms with Crippen LogP contribution in [-0.2, 0) is 43.5 Å². The third kappa shape index (κ3) is 6.50. The zero-order valence-corrected chi connectivity index (χ0v) is 21.7. The number of halogens is 1. The van der Waals surface area contributed by atoms with Gasteiger partial charge in [0.1, 0.15) is 12.2 Å². The predicted molar refractivity (Wildman–Crippen MR) is 142 cm³/mol. The van der Waals surface area contributed by atoms with Crippen molar-refractivity contribution in [3.05, 3.63) is 108 Å². The van der Waals surface area contributed by atoms with Crippen molar-refractivity contribution in [3.63, 3.8) is 0 Å². The van der Waals surface area contributed by atoms with Crippen LogP contribution in [0.1, 0.15) is 16.7 Å². The fourth-order valence-electron chi connectivity index (χ4n) is 4.69. The quantitative estimate of drug-likeness (QED) is 0.231. The smallest absolute Gasteiger partial charge is 0.164 e. The SMILES string of the molecule is I[C@@H]1CO[C@H]2O[C@H](COCc3ccccc3)[C@H](OCc3ccccc3)[C@H](OCc3ccccc3)[C@H]21. The van der Waals surface area contributed by atoms with Gasteiger partial charge in [-0.15, -0.1) is 0 Å². The highest BCUT2D eigenvalue weighted by molar-refractivity contribution is 14.1. The molecule has 2 heterocycles. The van der Waals surface area contributed by atoms with E-state index in [0.717, 1.165) is 16.7 Å². The molecule has 5 rings (SSSR count). The molecule has 184 valence electrons. The summed E-state index contributed by atoms with van der Waals surface area (Å²) in [6.45, 7) is 2.56. The Morgan fingerprint density at radius 2 is 1.20 bits per heavy atom. The Morgan fingerprint density at radius 3 is 1.77 bits per heavy atom. The zero-order chi connectivity index (χ0) is 23.9. The number of fused-ring (bicyclic) bond motifs is 1. The minimum Gasteiger partial charge on any atom is -0.374 e. The number of hydrogen-bond donors (Lipinski definition) is 0. The Hall–Kier alpha value is -1.81. The third-order valence-electron chi connectivity index (χ3n) is 6.49. The predicted octanol–water partition coefficient (Wildman–Crippen LogP) is 5.55. The number of rotatable bonds is 10. The van der Waals surface area contributed by atoms with Gasteiger partial charge in [-0.1, -0.05) is 114 Å². The molecule has 6 heteroatoms. The minimum absolute atomic E-state index is 0.0884. The van der Waals surface area contributed by atoms with Gasteiger partial charge in [-0.05, 0) is 16.7 Å². The molecule has 0 aliphatic carbocycles. The normalized spacial score (nSPS) is 28.0. The summed E-state index contributed by atoms with van der Waals surface area (Å²) in [5, 5.41) is 0. The van der Waals surface area contributed by atoms with E-state index in [1.54, 1.807) is 0 Å². The summed E-state index contributed by atoms with van der Waals surface area (Å²) < 4.78 is 32.0. The summed E-state index contributed by atoms with van der Waals surface area (Å²) in [4.78, 5) is 0. The van der Waals surface area contributed by atoms with Crippen LogP contribution in [-0.4, -0.2) is 41.7 Å². The van der Waals surface area contributed by atoms with Crippen molar-refractivity contribution in [2.24, 2.45) is 5.92 Å². The highest BCUT2D eigenvalue weighted by Gasteiger charge is 2.53. The number of benzene rings is 3. The zero-order valence-electron chi connectivity index (χ0n) is 19.6. The molecule has 5 nitrogen and oxygen atoms in total. The highest BCUT2D eigenvalue weighted by atomic mass is 127. The summed E-state index contributed by atoms with van der Waals surface area (Å²) in [6, 6.07) is 30.7. The van der Waals surface area contributed by atoms with E-state index in [1.807, 2.05) is 54.6 Å². The van der Waals surface area contributed by atoms with Gasteiger partial charge in [-0.3, -0.25) is 0 Å². The first-order chi connectivity index (χ1) is 17.3. The summed E-state index contributed by atoms with van der Waals surface area (Å²) >= 11 is 2.46. The van der Waals surface area contributed by atoms with Crippen molar-refractivity contribution in [1.82, 2.24) is 0 Å². The number of alkyl halides is 1. The molecule has 0 amide bonds. The lowest BCUT2D eigenvalue weighted by molar-refractivity contribution is -0.281. The highest BCUT2D eigenvalue weighted by Crippen LogP contribution is 2.41. The van der Waals surface area contributed by atoms with E-state index >= 15 is 0 Å². The molecule has 2 fully saturated rings. The molecule has 0 saturated carbocycles. The van der Waals surface area contributed by atoms with Crippen LogP contribution in [0.5, 0.6) is 0 Å². The van der Waals surface area contributed by atoms with Crippen LogP contribution < -0.4 is 0 Å². The van der Waals surface area contributed by atoms with Gasteiger partial charge in [0.05, 0.1) is 45.1 Å². The lowest BCUT2D eigenvalue weighted by atomic mass is 9.89. The van der Waals surface area contributed by atoms with Gasteiger partial charge >= 0.3 is 0 Å². The molecule has 2 aliphatic heterocycles. The van der Waals surface area contributed by atoms with Gasteiger partial charge in [0.15, 0.2) is 6.29 Å². The van der Waals surface area contributed by atoms with Crippen LogP contribution in [0, 0.1) is 5.92 Å². The molecule has 3 aromatic carbocycles. The summed E-state index contributed by atoms with van der Waals surface area (Å²) in [5.41, 5.74) is 3.39. The van der Waals surface area contributed by atoms with Crippen LogP contribution in [0.4, 0.5) is 0 Å². The minimum atomic E-state index is -0.320. The van der Waals surface area contributed by atoms with Gasteiger partial charge in [-0.25, -0.2) is 0 Å². The molecule has 6 atom stereocenters. The Bertz CT molecular complexity index is 1020. The maximum absolute atomic E-state index is 6.60. The fourth-order valence-corrected chi connectivity index (χ4v) is 5.65. The maximum Gasteiger partial charge on any atom is 0.164 e. The second kappa shape index (κ2) is 12.4. The van der Waals surface area contributed by atoms with E-state index in [0.29, 0.717) is 33.0 Å². The average molecular weight is 586 g/mol. The van der Waals surface area contributed by atoms with Crippen LogP contribution >= 0.6 is 22.6 Å². The maximum atomic E-state index is 6.60. The third-order valence-corrected chi connectivity index (χ3v) is 7.68. The van der Waals surface area contributed by atoms with Crippen LogP contribution in [0.15, 0.2) is 91.0 Å². The summed E-state index contributed by atoms with van der Waals surface area (Å²) in [5.74, 6) is 0.0884. The molecular formula is C29H31IO5. The second-order valence-corrected chi connectivity index (χ2v) is 10.6. The van der Waals surface area contributed by atoms with Gasteiger partial charge in [-0.2, -0.15) is 0 Å². The fraction of sp³-hybridized carbons (Fsp3) is 0.379. The number of ether oxygens (including phenoxy) is 5. The van der Waals surface area contributed by atoms with Crippen molar-refractivity contribution in [2.45, 2.75) is 48.3 Å². The van der Waals surface area contributed by atoms with Gasteiger partial charge < -0.3 is 23.7 Å². The summed E-state index contributed by atoms with van der Waals surface area (Å²) in [6.07, 6.45) is -1.08. The van der Waals surface area contributed by atoms with E-state index in [2.05, 4.69) is 59.0 Å². The van der Waals surface area contributed by atoms with Crippen molar-refractivity contribution >= 4 is 22.6 Å². The Kier molecular flexibility index (Phi) is 8.83. The molecule has 0 spiro atoms. The monoisotopic (exact) mass is 586 g/mol. The lowest BCUT2D eigenvalue weighted by Gasteiger charge is -2.44. The van der Waals surface area contributed by atoms with E-state index in [-0.39, 0.29) is 34.4 Å². The first-order valence-electron chi connectivity index (χ1n) is 12.1. The Balaban J connectivity index is 1.34. The van der Waals surface area contributed by atoms with E-state index in [4.69, 9.17) is 23.7 Å². The Morgan fingerprint density at radius 1 is 0.686 bits per heavy atom.